The highest BCUT2D eigenvalue weighted by atomic mass is 32.2. The Morgan fingerprint density at radius 1 is 1.31 bits per heavy atom. The summed E-state index contributed by atoms with van der Waals surface area (Å²) in [5, 5.41) is 18.1. The normalized spacial score (nSPS) is 11.0. The lowest BCUT2D eigenvalue weighted by molar-refractivity contribution is -0.387. The molecule has 0 atom stereocenters. The van der Waals surface area contributed by atoms with Crippen LogP contribution in [-0.4, -0.2) is 16.1 Å². The van der Waals surface area contributed by atoms with Gasteiger partial charge in [0.1, 0.15) is 0 Å². The summed E-state index contributed by atoms with van der Waals surface area (Å²) in [7, 11) is 0. The molecule has 0 aliphatic rings. The summed E-state index contributed by atoms with van der Waals surface area (Å²) in [4.78, 5) is 15.9. The number of anilines is 1. The van der Waals surface area contributed by atoms with Crippen LogP contribution in [0.25, 0.3) is 0 Å². The second kappa shape index (κ2) is 8.59. The zero-order chi connectivity index (χ0) is 18.4. The molecule has 3 rings (SSSR count). The molecule has 0 radical (unpaired) electrons. The maximum atomic E-state index is 11.4. The fourth-order valence-corrected chi connectivity index (χ4v) is 3.78. The van der Waals surface area contributed by atoms with E-state index < -0.39 is 0 Å². The molecule has 26 heavy (non-hydrogen) atoms. The van der Waals surface area contributed by atoms with E-state index in [-0.39, 0.29) is 10.6 Å². The molecule has 0 amide bonds. The Morgan fingerprint density at radius 2 is 2.12 bits per heavy atom. The summed E-state index contributed by atoms with van der Waals surface area (Å²) in [5.41, 5.74) is 5.61. The van der Waals surface area contributed by atoms with E-state index in [0.29, 0.717) is 21.3 Å². The molecule has 1 N–H and O–H groups in total. The molecule has 2 aromatic carbocycles. The van der Waals surface area contributed by atoms with Crippen LogP contribution in [0.4, 0.5) is 10.8 Å². The van der Waals surface area contributed by atoms with Crippen molar-refractivity contribution in [2.24, 2.45) is 5.10 Å². The number of nitro benzene ring substituents is 1. The molecule has 0 unspecified atom stereocenters. The van der Waals surface area contributed by atoms with Gasteiger partial charge in [0, 0.05) is 22.8 Å². The van der Waals surface area contributed by atoms with Crippen LogP contribution < -0.4 is 5.43 Å². The first kappa shape index (κ1) is 18.1. The highest BCUT2D eigenvalue weighted by Crippen LogP contribution is 2.32. The molecule has 0 fully saturated rings. The Morgan fingerprint density at radius 3 is 2.81 bits per heavy atom. The average Bonchev–Trinajstić information content (AvgIpc) is 3.06. The maximum absolute atomic E-state index is 11.4. The summed E-state index contributed by atoms with van der Waals surface area (Å²) in [6.07, 6.45) is 1.55. The van der Waals surface area contributed by atoms with Crippen molar-refractivity contribution in [3.63, 3.8) is 0 Å². The highest BCUT2D eigenvalue weighted by Gasteiger charge is 2.14. The zero-order valence-corrected chi connectivity index (χ0v) is 15.6. The van der Waals surface area contributed by atoms with Crippen LogP contribution in [0, 0.1) is 17.0 Å². The molecule has 0 saturated heterocycles. The van der Waals surface area contributed by atoms with Gasteiger partial charge in [-0.2, -0.15) is 5.10 Å². The lowest BCUT2D eigenvalue weighted by Gasteiger charge is -2.04. The van der Waals surface area contributed by atoms with Gasteiger partial charge in [0.05, 0.1) is 21.7 Å². The third kappa shape index (κ3) is 4.90. The molecular formula is C18H16N4O2S2. The number of aryl methyl sites for hydroxylation is 1. The third-order valence-corrected chi connectivity index (χ3v) is 5.41. The van der Waals surface area contributed by atoms with E-state index in [1.165, 1.54) is 29.2 Å². The zero-order valence-electron chi connectivity index (χ0n) is 14.0. The van der Waals surface area contributed by atoms with Crippen LogP contribution in [0.1, 0.15) is 16.8 Å². The van der Waals surface area contributed by atoms with E-state index in [4.69, 9.17) is 0 Å². The van der Waals surface area contributed by atoms with E-state index >= 15 is 0 Å². The number of hydrogen-bond acceptors (Lipinski definition) is 7. The first-order chi connectivity index (χ1) is 12.6. The van der Waals surface area contributed by atoms with Gasteiger partial charge in [0.2, 0.25) is 5.13 Å². The molecule has 8 heteroatoms. The number of hydrazone groups is 1. The smallest absolute Gasteiger partial charge is 0.258 e. The second-order valence-corrected chi connectivity index (χ2v) is 7.30. The van der Waals surface area contributed by atoms with Gasteiger partial charge in [-0.1, -0.05) is 36.4 Å². The molecule has 0 saturated carbocycles. The molecule has 132 valence electrons. The lowest BCUT2D eigenvalue weighted by atomic mass is 10.2. The molecule has 0 spiro atoms. The van der Waals surface area contributed by atoms with E-state index in [2.05, 4.69) is 15.5 Å². The minimum absolute atomic E-state index is 0.0833. The minimum Gasteiger partial charge on any atom is -0.258 e. The predicted octanol–water partition coefficient (Wildman–Crippen LogP) is 5.10. The van der Waals surface area contributed by atoms with E-state index in [9.17, 15) is 10.1 Å². The fraction of sp³-hybridized carbons (Fsp3) is 0.111. The van der Waals surface area contributed by atoms with Crippen LogP contribution in [0.3, 0.4) is 0 Å². The number of thioether (sulfide) groups is 1. The lowest BCUT2D eigenvalue weighted by Crippen LogP contribution is -1.95. The molecule has 0 aliphatic carbocycles. The molecule has 0 aliphatic heterocycles. The summed E-state index contributed by atoms with van der Waals surface area (Å²) >= 11 is 2.90. The van der Waals surface area contributed by atoms with Gasteiger partial charge < -0.3 is 0 Å². The Bertz CT molecular complexity index is 926. The maximum Gasteiger partial charge on any atom is 0.283 e. The number of aromatic nitrogens is 1. The van der Waals surface area contributed by atoms with Crippen molar-refractivity contribution in [3.8, 4) is 0 Å². The molecule has 6 nitrogen and oxygen atoms in total. The van der Waals surface area contributed by atoms with E-state index in [0.717, 1.165) is 11.3 Å². The van der Waals surface area contributed by atoms with Gasteiger partial charge in [0.25, 0.3) is 5.69 Å². The summed E-state index contributed by atoms with van der Waals surface area (Å²) in [5.74, 6) is 0.681. The third-order valence-electron chi connectivity index (χ3n) is 3.41. The van der Waals surface area contributed by atoms with Crippen molar-refractivity contribution in [3.05, 3.63) is 80.8 Å². The molecule has 1 aromatic heterocycles. The first-order valence-corrected chi connectivity index (χ1v) is 9.65. The van der Waals surface area contributed by atoms with Crippen LogP contribution in [0.15, 0.2) is 63.9 Å². The topological polar surface area (TPSA) is 80.4 Å². The van der Waals surface area contributed by atoms with Crippen molar-refractivity contribution in [1.82, 2.24) is 4.98 Å². The SMILES string of the molecule is Cc1csc(NN=Cc2ccc(SCc3ccccc3)c([N+](=O)[O-])c2)n1. The van der Waals surface area contributed by atoms with Crippen LogP contribution >= 0.6 is 23.1 Å². The Kier molecular flexibility index (Phi) is 5.98. The average molecular weight is 384 g/mol. The van der Waals surface area contributed by atoms with Gasteiger partial charge in [0.15, 0.2) is 0 Å². The number of thiazole rings is 1. The van der Waals surface area contributed by atoms with E-state index in [1.54, 1.807) is 12.3 Å². The summed E-state index contributed by atoms with van der Waals surface area (Å²) in [6, 6.07) is 15.0. The van der Waals surface area contributed by atoms with Crippen LogP contribution in [0.5, 0.6) is 0 Å². The van der Waals surface area contributed by atoms with Gasteiger partial charge in [-0.15, -0.1) is 23.1 Å². The fourth-order valence-electron chi connectivity index (χ4n) is 2.18. The number of benzene rings is 2. The minimum atomic E-state index is -0.359. The quantitative estimate of drug-likeness (QED) is 0.265. The van der Waals surface area contributed by atoms with Crippen molar-refractivity contribution >= 4 is 40.1 Å². The number of nitrogens with zero attached hydrogens (tertiary/aromatic N) is 3. The number of nitrogens with one attached hydrogen (secondary N) is 1. The standard InChI is InChI=1S/C18H16N4O2S2/c1-13-11-26-18(20-13)21-19-10-15-7-8-17(16(9-15)22(23)24)25-12-14-5-3-2-4-6-14/h2-11H,12H2,1H3,(H,20,21). The summed E-state index contributed by atoms with van der Waals surface area (Å²) in [6.45, 7) is 1.90. The second-order valence-electron chi connectivity index (χ2n) is 5.42. The Hall–Kier alpha value is -2.71. The van der Waals surface area contributed by atoms with Crippen molar-refractivity contribution in [1.29, 1.82) is 0 Å². The monoisotopic (exact) mass is 384 g/mol. The first-order valence-electron chi connectivity index (χ1n) is 7.78. The number of rotatable bonds is 7. The largest absolute Gasteiger partial charge is 0.283 e. The van der Waals surface area contributed by atoms with Gasteiger partial charge >= 0.3 is 0 Å². The Labute approximate surface area is 159 Å². The van der Waals surface area contributed by atoms with Gasteiger partial charge in [-0.25, -0.2) is 4.98 Å². The van der Waals surface area contributed by atoms with Gasteiger partial charge in [-0.3, -0.25) is 15.5 Å². The van der Waals surface area contributed by atoms with Gasteiger partial charge in [-0.05, 0) is 18.6 Å². The van der Waals surface area contributed by atoms with Crippen LogP contribution in [0.2, 0.25) is 0 Å². The van der Waals surface area contributed by atoms with E-state index in [1.807, 2.05) is 48.7 Å². The highest BCUT2D eigenvalue weighted by molar-refractivity contribution is 7.98. The predicted molar refractivity (Wildman–Crippen MR) is 107 cm³/mol. The Balaban J connectivity index is 1.70. The van der Waals surface area contributed by atoms with Crippen molar-refractivity contribution in [2.75, 3.05) is 5.43 Å². The van der Waals surface area contributed by atoms with Crippen LogP contribution in [-0.2, 0) is 5.75 Å². The molecule has 1 heterocycles. The molecular weight excluding hydrogens is 368 g/mol. The van der Waals surface area contributed by atoms with Crippen molar-refractivity contribution in [2.45, 2.75) is 17.6 Å². The number of hydrogen-bond donors (Lipinski definition) is 1. The van der Waals surface area contributed by atoms with Crippen molar-refractivity contribution < 1.29 is 4.92 Å². The molecule has 3 aromatic rings. The summed E-state index contributed by atoms with van der Waals surface area (Å²) < 4.78 is 0. The number of nitro groups is 1. The molecule has 0 bridgehead atoms.